The van der Waals surface area contributed by atoms with Crippen LogP contribution in [0.15, 0.2) is 42.2 Å². The standard InChI is InChI=1S/C23H22F3N5O/c1-13(10-14-2-4-15(24)5-3-14)22(32)30-16-6-8-17(19(30)9-7-16)20-11-18(21(25)26)29-23-27-12-28-31(20)23/h2-5,10-12,16-17,19,21H,6-9H2,1H3/b13-10+/t16-,17-,19-/m0/s1. The maximum Gasteiger partial charge on any atom is 0.280 e. The smallest absolute Gasteiger partial charge is 0.280 e. The van der Waals surface area contributed by atoms with E-state index in [1.165, 1.54) is 29.0 Å². The van der Waals surface area contributed by atoms with Gasteiger partial charge in [-0.1, -0.05) is 12.1 Å². The summed E-state index contributed by atoms with van der Waals surface area (Å²) in [6, 6.07) is 7.39. The van der Waals surface area contributed by atoms with Crippen LogP contribution in [0, 0.1) is 5.82 Å². The molecule has 0 radical (unpaired) electrons. The molecule has 0 spiro atoms. The lowest BCUT2D eigenvalue weighted by Crippen LogP contribution is -2.48. The molecule has 2 aliphatic rings. The number of halogens is 3. The molecule has 0 aliphatic carbocycles. The van der Waals surface area contributed by atoms with E-state index in [0.29, 0.717) is 11.3 Å². The summed E-state index contributed by atoms with van der Waals surface area (Å²) >= 11 is 0. The third-order valence-electron chi connectivity index (χ3n) is 6.55. The van der Waals surface area contributed by atoms with Crippen LogP contribution in [-0.4, -0.2) is 42.5 Å². The number of alkyl halides is 2. The first-order valence-corrected chi connectivity index (χ1v) is 10.7. The lowest BCUT2D eigenvalue weighted by Gasteiger charge is -2.40. The van der Waals surface area contributed by atoms with Crippen molar-refractivity contribution in [3.8, 4) is 0 Å². The van der Waals surface area contributed by atoms with E-state index in [4.69, 9.17) is 0 Å². The van der Waals surface area contributed by atoms with Crippen LogP contribution >= 0.6 is 0 Å². The van der Waals surface area contributed by atoms with E-state index >= 15 is 0 Å². The van der Waals surface area contributed by atoms with Crippen LogP contribution in [0.4, 0.5) is 13.2 Å². The van der Waals surface area contributed by atoms with Crippen LogP contribution in [-0.2, 0) is 4.79 Å². The summed E-state index contributed by atoms with van der Waals surface area (Å²) in [7, 11) is 0. The summed E-state index contributed by atoms with van der Waals surface area (Å²) in [6.07, 6.45) is 3.59. The number of fused-ring (bicyclic) bond motifs is 3. The number of hydrogen-bond donors (Lipinski definition) is 0. The van der Waals surface area contributed by atoms with Gasteiger partial charge in [0.1, 0.15) is 17.8 Å². The summed E-state index contributed by atoms with van der Waals surface area (Å²) in [5, 5.41) is 4.20. The van der Waals surface area contributed by atoms with Gasteiger partial charge in [-0.3, -0.25) is 4.79 Å². The van der Waals surface area contributed by atoms with Crippen molar-refractivity contribution in [3.63, 3.8) is 0 Å². The van der Waals surface area contributed by atoms with Gasteiger partial charge in [0, 0.05) is 23.6 Å². The van der Waals surface area contributed by atoms with E-state index in [-0.39, 0.29) is 41.2 Å². The Labute approximate surface area is 182 Å². The molecule has 1 aromatic carbocycles. The Kier molecular flexibility index (Phi) is 5.19. The van der Waals surface area contributed by atoms with Crippen molar-refractivity contribution in [3.05, 3.63) is 65.0 Å². The Balaban J connectivity index is 1.48. The molecule has 2 saturated heterocycles. The Morgan fingerprint density at radius 1 is 1.16 bits per heavy atom. The van der Waals surface area contributed by atoms with Gasteiger partial charge in [0.2, 0.25) is 5.91 Å². The van der Waals surface area contributed by atoms with Crippen molar-refractivity contribution in [2.24, 2.45) is 0 Å². The van der Waals surface area contributed by atoms with Crippen LogP contribution in [0.3, 0.4) is 0 Å². The first-order chi connectivity index (χ1) is 15.4. The Hall–Kier alpha value is -3.23. The van der Waals surface area contributed by atoms with E-state index < -0.39 is 6.43 Å². The van der Waals surface area contributed by atoms with Gasteiger partial charge in [0.25, 0.3) is 12.2 Å². The number of nitrogens with zero attached hydrogens (tertiary/aromatic N) is 5. The molecule has 9 heteroatoms. The average Bonchev–Trinajstić information content (AvgIpc) is 3.37. The predicted octanol–water partition coefficient (Wildman–Crippen LogP) is 4.54. The highest BCUT2D eigenvalue weighted by Crippen LogP contribution is 2.45. The minimum absolute atomic E-state index is 0.0792. The summed E-state index contributed by atoms with van der Waals surface area (Å²) in [5.74, 6) is -0.406. The van der Waals surface area contributed by atoms with Gasteiger partial charge in [-0.15, -0.1) is 0 Å². The van der Waals surface area contributed by atoms with Crippen LogP contribution in [0.5, 0.6) is 0 Å². The molecule has 6 nitrogen and oxygen atoms in total. The SMILES string of the molecule is C/C(=C\c1ccc(F)cc1)C(=O)N1[C@H]2CC[C@H](c3cc(C(F)F)nc4ncnn34)[C@@H]1CC2. The molecule has 0 N–H and O–H groups in total. The number of piperidine rings is 1. The van der Waals surface area contributed by atoms with Gasteiger partial charge in [-0.2, -0.15) is 10.1 Å². The van der Waals surface area contributed by atoms with Crippen LogP contribution < -0.4 is 0 Å². The normalized spacial score (nSPS) is 23.3. The molecule has 3 aromatic rings. The Morgan fingerprint density at radius 2 is 1.91 bits per heavy atom. The Bertz CT molecular complexity index is 1190. The second-order valence-electron chi connectivity index (χ2n) is 8.45. The van der Waals surface area contributed by atoms with Crippen molar-refractivity contribution in [2.45, 2.75) is 57.0 Å². The van der Waals surface area contributed by atoms with E-state index in [2.05, 4.69) is 15.1 Å². The van der Waals surface area contributed by atoms with E-state index in [9.17, 15) is 18.0 Å². The highest BCUT2D eigenvalue weighted by molar-refractivity contribution is 5.98. The number of carbonyl (C=O) groups excluding carboxylic acids is 1. The highest BCUT2D eigenvalue weighted by atomic mass is 19.3. The molecule has 5 rings (SSSR count). The number of hydrogen-bond acceptors (Lipinski definition) is 4. The fraction of sp³-hybridized carbons (Fsp3) is 0.391. The number of carbonyl (C=O) groups is 1. The molecular formula is C23H22F3N5O. The van der Waals surface area contributed by atoms with Crippen molar-refractivity contribution in [1.29, 1.82) is 0 Å². The van der Waals surface area contributed by atoms with Crippen molar-refractivity contribution in [2.75, 3.05) is 0 Å². The molecule has 166 valence electrons. The predicted molar refractivity (Wildman–Crippen MR) is 111 cm³/mol. The Morgan fingerprint density at radius 3 is 2.66 bits per heavy atom. The molecule has 0 unspecified atom stereocenters. The second kappa shape index (κ2) is 8.03. The summed E-state index contributed by atoms with van der Waals surface area (Å²) < 4.78 is 41.6. The van der Waals surface area contributed by atoms with E-state index in [0.717, 1.165) is 31.2 Å². The van der Waals surface area contributed by atoms with Gasteiger partial charge in [-0.25, -0.2) is 22.7 Å². The molecule has 3 atom stereocenters. The molecule has 4 heterocycles. The van der Waals surface area contributed by atoms with Gasteiger partial charge in [0.05, 0.1) is 5.69 Å². The lowest BCUT2D eigenvalue weighted by molar-refractivity contribution is -0.131. The van der Waals surface area contributed by atoms with Crippen LogP contribution in [0.25, 0.3) is 11.9 Å². The van der Waals surface area contributed by atoms with Crippen LogP contribution in [0.2, 0.25) is 0 Å². The number of benzene rings is 1. The topological polar surface area (TPSA) is 63.4 Å². The molecule has 1 amide bonds. The average molecular weight is 441 g/mol. The van der Waals surface area contributed by atoms with Crippen molar-refractivity contribution < 1.29 is 18.0 Å². The molecular weight excluding hydrogens is 419 g/mol. The number of aromatic nitrogens is 4. The quantitative estimate of drug-likeness (QED) is 0.558. The maximum atomic E-state index is 13.5. The zero-order chi connectivity index (χ0) is 22.4. The summed E-state index contributed by atoms with van der Waals surface area (Å²) in [4.78, 5) is 23.2. The highest BCUT2D eigenvalue weighted by Gasteiger charge is 2.46. The molecule has 2 fully saturated rings. The molecule has 0 saturated carbocycles. The second-order valence-corrected chi connectivity index (χ2v) is 8.45. The minimum atomic E-state index is -2.71. The zero-order valence-electron chi connectivity index (χ0n) is 17.5. The van der Waals surface area contributed by atoms with Crippen molar-refractivity contribution in [1.82, 2.24) is 24.5 Å². The van der Waals surface area contributed by atoms with Crippen LogP contribution in [0.1, 0.15) is 61.9 Å². The monoisotopic (exact) mass is 441 g/mol. The fourth-order valence-electron chi connectivity index (χ4n) is 5.12. The van der Waals surface area contributed by atoms with Gasteiger partial charge in [-0.05, 0) is 62.4 Å². The minimum Gasteiger partial charge on any atom is -0.332 e. The first-order valence-electron chi connectivity index (χ1n) is 10.7. The van der Waals surface area contributed by atoms with Gasteiger partial charge >= 0.3 is 0 Å². The zero-order valence-corrected chi connectivity index (χ0v) is 17.5. The number of rotatable bonds is 4. The lowest BCUT2D eigenvalue weighted by atomic mass is 9.86. The third-order valence-corrected chi connectivity index (χ3v) is 6.55. The molecule has 2 bridgehead atoms. The first kappa shape index (κ1) is 20.7. The molecule has 2 aliphatic heterocycles. The van der Waals surface area contributed by atoms with Crippen molar-refractivity contribution >= 4 is 17.8 Å². The van der Waals surface area contributed by atoms with E-state index in [1.54, 1.807) is 25.1 Å². The summed E-state index contributed by atoms with van der Waals surface area (Å²) in [5.41, 5.74) is 1.60. The maximum absolute atomic E-state index is 13.5. The van der Waals surface area contributed by atoms with E-state index in [1.807, 2.05) is 4.90 Å². The summed E-state index contributed by atoms with van der Waals surface area (Å²) in [6.45, 7) is 1.76. The molecule has 2 aromatic heterocycles. The number of amides is 1. The fourth-order valence-corrected chi connectivity index (χ4v) is 5.12. The third kappa shape index (κ3) is 3.55. The van der Waals surface area contributed by atoms with Gasteiger partial charge in [0.15, 0.2) is 0 Å². The van der Waals surface area contributed by atoms with Gasteiger partial charge < -0.3 is 4.90 Å². The largest absolute Gasteiger partial charge is 0.332 e. The molecule has 32 heavy (non-hydrogen) atoms.